The van der Waals surface area contributed by atoms with E-state index in [-0.39, 0.29) is 6.10 Å². The van der Waals surface area contributed by atoms with Gasteiger partial charge in [-0.2, -0.15) is 10.4 Å². The second-order valence-corrected chi connectivity index (χ2v) is 9.82. The molecule has 0 amide bonds. The van der Waals surface area contributed by atoms with E-state index in [0.717, 1.165) is 59.7 Å². The third-order valence-corrected chi connectivity index (χ3v) is 6.31. The molecule has 1 aliphatic heterocycles. The Labute approximate surface area is 221 Å². The van der Waals surface area contributed by atoms with E-state index in [4.69, 9.17) is 20.2 Å². The molecule has 0 aliphatic carbocycles. The van der Waals surface area contributed by atoms with Crippen LogP contribution in [0.1, 0.15) is 37.8 Å². The molecule has 0 unspecified atom stereocenters. The summed E-state index contributed by atoms with van der Waals surface area (Å²) in [5.74, 6) is 8.42. The maximum Gasteiger partial charge on any atom is 0.213 e. The average Bonchev–Trinajstić information content (AvgIpc) is 3.35. The highest BCUT2D eigenvalue weighted by atomic mass is 16.5. The van der Waals surface area contributed by atoms with Crippen molar-refractivity contribution in [2.75, 3.05) is 25.1 Å². The summed E-state index contributed by atoms with van der Waals surface area (Å²) in [5.41, 5.74) is 9.14. The van der Waals surface area contributed by atoms with Crippen LogP contribution in [0.4, 0.5) is 5.82 Å². The van der Waals surface area contributed by atoms with E-state index in [2.05, 4.69) is 32.9 Å². The van der Waals surface area contributed by atoms with Crippen LogP contribution in [0.2, 0.25) is 0 Å². The van der Waals surface area contributed by atoms with Crippen LogP contribution in [0.25, 0.3) is 16.6 Å². The summed E-state index contributed by atoms with van der Waals surface area (Å²) in [6.45, 7) is 5.39. The Morgan fingerprint density at radius 2 is 1.89 bits per heavy atom. The van der Waals surface area contributed by atoms with Crippen molar-refractivity contribution >= 4 is 11.3 Å². The predicted octanol–water partition coefficient (Wildman–Crippen LogP) is 3.81. The molecule has 2 N–H and O–H groups in total. The van der Waals surface area contributed by atoms with Gasteiger partial charge in [-0.25, -0.2) is 14.5 Å². The molecule has 4 aromatic heterocycles. The molecule has 9 nitrogen and oxygen atoms in total. The van der Waals surface area contributed by atoms with Gasteiger partial charge in [-0.3, -0.25) is 0 Å². The highest BCUT2D eigenvalue weighted by Crippen LogP contribution is 2.30. The van der Waals surface area contributed by atoms with Crippen molar-refractivity contribution in [2.45, 2.75) is 38.3 Å². The lowest BCUT2D eigenvalue weighted by molar-refractivity contribution is 0.170. The Balaban J connectivity index is 1.33. The third kappa shape index (κ3) is 5.54. The number of fused-ring (bicyclic) bond motifs is 1. The zero-order valence-corrected chi connectivity index (χ0v) is 21.7. The van der Waals surface area contributed by atoms with E-state index in [1.165, 1.54) is 0 Å². The minimum absolute atomic E-state index is 0.127. The van der Waals surface area contributed by atoms with Crippen LogP contribution >= 0.6 is 0 Å². The van der Waals surface area contributed by atoms with Crippen molar-refractivity contribution in [3.63, 3.8) is 0 Å². The standard InChI is InChI=1S/C29H29N7O2/c1-29(2,31)11-8-20-14-25(28-22(15-30)17-34-36(28)19-20)21-4-6-26(32-16-21)35-12-9-23(10-13-35)38-24-5-7-27(37-3)33-18-24/h4-7,14,16-19,23H,9-10,12-13,31H2,1-3H3. The number of nitrogens with zero attached hydrogens (tertiary/aromatic N) is 6. The number of hydrogen-bond acceptors (Lipinski definition) is 8. The SMILES string of the molecule is COc1ccc(OC2CCN(c3ccc(-c4cc(C#CC(C)(C)N)cn5ncc(C#N)c45)cn3)CC2)cn1. The maximum atomic E-state index is 9.64. The highest BCUT2D eigenvalue weighted by Gasteiger charge is 2.22. The number of ether oxygens (including phenoxy) is 2. The summed E-state index contributed by atoms with van der Waals surface area (Å²) >= 11 is 0. The molecular weight excluding hydrogens is 478 g/mol. The van der Waals surface area contributed by atoms with Gasteiger partial charge in [-0.1, -0.05) is 11.8 Å². The molecule has 1 fully saturated rings. The van der Waals surface area contributed by atoms with Crippen LogP contribution in [-0.4, -0.2) is 51.4 Å². The van der Waals surface area contributed by atoms with Crippen LogP contribution in [0.5, 0.6) is 11.6 Å². The van der Waals surface area contributed by atoms with E-state index in [9.17, 15) is 5.26 Å². The second-order valence-electron chi connectivity index (χ2n) is 9.82. The number of nitriles is 1. The Kier molecular flexibility index (Phi) is 6.87. The molecule has 1 aliphatic rings. The topological polar surface area (TPSA) is 115 Å². The van der Waals surface area contributed by atoms with Gasteiger partial charge in [-0.15, -0.1) is 0 Å². The minimum atomic E-state index is -0.621. The van der Waals surface area contributed by atoms with Crippen LogP contribution in [0, 0.1) is 23.2 Å². The van der Waals surface area contributed by atoms with E-state index in [1.54, 1.807) is 30.1 Å². The molecule has 0 radical (unpaired) electrons. The number of nitrogens with two attached hydrogens (primary N) is 1. The number of pyridine rings is 3. The monoisotopic (exact) mass is 507 g/mol. The van der Waals surface area contributed by atoms with Crippen LogP contribution in [-0.2, 0) is 0 Å². The number of aromatic nitrogens is 4. The first-order valence-corrected chi connectivity index (χ1v) is 12.4. The first-order chi connectivity index (χ1) is 18.3. The number of hydrogen-bond donors (Lipinski definition) is 1. The van der Waals surface area contributed by atoms with Gasteiger partial charge >= 0.3 is 0 Å². The summed E-state index contributed by atoms with van der Waals surface area (Å²) < 4.78 is 12.9. The molecule has 38 heavy (non-hydrogen) atoms. The number of methoxy groups -OCH3 is 1. The lowest BCUT2D eigenvalue weighted by atomic mass is 10.0. The largest absolute Gasteiger partial charge is 0.489 e. The van der Waals surface area contributed by atoms with E-state index < -0.39 is 5.54 Å². The van der Waals surface area contributed by atoms with Gasteiger partial charge in [0.2, 0.25) is 5.88 Å². The molecule has 0 aromatic carbocycles. The fourth-order valence-electron chi connectivity index (χ4n) is 4.41. The molecule has 0 saturated carbocycles. The van der Waals surface area contributed by atoms with Gasteiger partial charge < -0.3 is 20.1 Å². The zero-order chi connectivity index (χ0) is 26.7. The Bertz CT molecular complexity index is 1530. The first-order valence-electron chi connectivity index (χ1n) is 12.4. The molecule has 0 atom stereocenters. The van der Waals surface area contributed by atoms with Gasteiger partial charge in [0.25, 0.3) is 0 Å². The maximum absolute atomic E-state index is 9.64. The molecule has 4 aromatic rings. The molecule has 1 saturated heterocycles. The van der Waals surface area contributed by atoms with E-state index >= 15 is 0 Å². The number of anilines is 1. The number of piperidine rings is 1. The Morgan fingerprint density at radius 3 is 2.53 bits per heavy atom. The van der Waals surface area contributed by atoms with Crippen molar-refractivity contribution in [3.8, 4) is 40.7 Å². The van der Waals surface area contributed by atoms with E-state index in [0.29, 0.717) is 11.4 Å². The predicted molar refractivity (Wildman–Crippen MR) is 145 cm³/mol. The van der Waals surface area contributed by atoms with Crippen molar-refractivity contribution in [2.24, 2.45) is 5.73 Å². The summed E-state index contributed by atoms with van der Waals surface area (Å²) in [7, 11) is 1.59. The normalized spacial score (nSPS) is 14.0. The second kappa shape index (κ2) is 10.4. The minimum Gasteiger partial charge on any atom is -0.489 e. The van der Waals surface area contributed by atoms with Gasteiger partial charge in [-0.05, 0) is 38.1 Å². The molecule has 5 heterocycles. The fourth-order valence-corrected chi connectivity index (χ4v) is 4.41. The van der Waals surface area contributed by atoms with Gasteiger partial charge in [0.05, 0.1) is 36.1 Å². The molecule has 5 rings (SSSR count). The summed E-state index contributed by atoms with van der Waals surface area (Å²) in [6, 6.07) is 11.9. The Morgan fingerprint density at radius 1 is 1.08 bits per heavy atom. The van der Waals surface area contributed by atoms with Gasteiger partial charge in [0, 0.05) is 61.1 Å². The Hall–Kier alpha value is -4.60. The van der Waals surface area contributed by atoms with Crippen molar-refractivity contribution in [1.29, 1.82) is 5.26 Å². The van der Waals surface area contributed by atoms with Crippen LogP contribution in [0.15, 0.2) is 55.1 Å². The van der Waals surface area contributed by atoms with Crippen molar-refractivity contribution < 1.29 is 9.47 Å². The van der Waals surface area contributed by atoms with Crippen LogP contribution < -0.4 is 20.1 Å². The first kappa shape index (κ1) is 25.1. The molecule has 0 bridgehead atoms. The quantitative estimate of drug-likeness (QED) is 0.406. The molecular formula is C29H29N7O2. The van der Waals surface area contributed by atoms with Gasteiger partial charge in [0.15, 0.2) is 0 Å². The highest BCUT2D eigenvalue weighted by molar-refractivity contribution is 5.85. The fraction of sp³-hybridized carbons (Fsp3) is 0.310. The average molecular weight is 508 g/mol. The zero-order valence-electron chi connectivity index (χ0n) is 21.7. The lowest BCUT2D eigenvalue weighted by Crippen LogP contribution is -2.38. The third-order valence-electron chi connectivity index (χ3n) is 6.31. The van der Waals surface area contributed by atoms with Crippen LogP contribution in [0.3, 0.4) is 0 Å². The van der Waals surface area contributed by atoms with E-state index in [1.807, 2.05) is 50.5 Å². The molecule has 192 valence electrons. The summed E-state index contributed by atoms with van der Waals surface area (Å²) in [5, 5.41) is 14.0. The summed E-state index contributed by atoms with van der Waals surface area (Å²) in [4.78, 5) is 11.2. The van der Waals surface area contributed by atoms with Crippen molar-refractivity contribution in [1.82, 2.24) is 19.6 Å². The molecule has 0 spiro atoms. The molecule has 9 heteroatoms. The summed E-state index contributed by atoms with van der Waals surface area (Å²) in [6.07, 6.45) is 8.81. The number of rotatable bonds is 5. The lowest BCUT2D eigenvalue weighted by Gasteiger charge is -2.33. The van der Waals surface area contributed by atoms with Crippen molar-refractivity contribution in [3.05, 3.63) is 66.2 Å². The smallest absolute Gasteiger partial charge is 0.213 e. The van der Waals surface area contributed by atoms with Gasteiger partial charge in [0.1, 0.15) is 23.7 Å².